The second-order valence-corrected chi connectivity index (χ2v) is 9.20. The largest absolute Gasteiger partial charge is 0.316 e. The summed E-state index contributed by atoms with van der Waals surface area (Å²) in [5.74, 6) is 0.0601. The molecule has 2 aliphatic rings. The molecule has 0 bridgehead atoms. The molecule has 0 saturated carbocycles. The minimum absolute atomic E-state index is 0.0561. The van der Waals surface area contributed by atoms with Gasteiger partial charge >= 0.3 is 0 Å². The van der Waals surface area contributed by atoms with Gasteiger partial charge in [-0.3, -0.25) is 20.8 Å². The number of nitrogens with zero attached hydrogens (tertiary/aromatic N) is 3. The number of nitrogens with one attached hydrogen (secondary N) is 2. The first-order chi connectivity index (χ1) is 16.6. The lowest BCUT2D eigenvalue weighted by Crippen LogP contribution is -2.50. The van der Waals surface area contributed by atoms with Crippen LogP contribution in [0.5, 0.6) is 0 Å². The van der Waals surface area contributed by atoms with E-state index in [9.17, 15) is 0 Å². The first kappa shape index (κ1) is 20.5. The van der Waals surface area contributed by atoms with Crippen LogP contribution in [0.3, 0.4) is 0 Å². The molecule has 2 aliphatic heterocycles. The first-order valence-corrected chi connectivity index (χ1v) is 11.6. The van der Waals surface area contributed by atoms with Gasteiger partial charge < -0.3 is 4.90 Å². The van der Waals surface area contributed by atoms with Gasteiger partial charge in [0.15, 0.2) is 0 Å². The van der Waals surface area contributed by atoms with E-state index in [4.69, 9.17) is 10.4 Å². The highest BCUT2D eigenvalue weighted by Gasteiger charge is 2.50. The van der Waals surface area contributed by atoms with E-state index in [0.717, 1.165) is 22.8 Å². The summed E-state index contributed by atoms with van der Waals surface area (Å²) < 4.78 is 0. The van der Waals surface area contributed by atoms with E-state index in [0.29, 0.717) is 0 Å². The van der Waals surface area contributed by atoms with E-state index in [-0.39, 0.29) is 12.1 Å². The quantitative estimate of drug-likeness (QED) is 0.289. The van der Waals surface area contributed by atoms with Crippen LogP contribution in [0.15, 0.2) is 79.0 Å². The maximum Gasteiger partial charge on any atom is 0.138 e. The van der Waals surface area contributed by atoms with Crippen LogP contribution in [0.2, 0.25) is 0 Å². The zero-order valence-corrected chi connectivity index (χ0v) is 19.6. The molecule has 6 rings (SSSR count). The molecule has 0 spiro atoms. The molecule has 0 aliphatic carbocycles. The zero-order chi connectivity index (χ0) is 23.4. The van der Waals surface area contributed by atoms with Gasteiger partial charge in [0, 0.05) is 11.9 Å². The van der Waals surface area contributed by atoms with Crippen molar-refractivity contribution in [1.82, 2.24) is 10.4 Å². The molecular formula is C29H27N5. The molecule has 2 unspecified atom stereocenters. The van der Waals surface area contributed by atoms with Crippen molar-refractivity contribution in [1.29, 1.82) is 5.41 Å². The molecule has 1 aromatic heterocycles. The van der Waals surface area contributed by atoms with E-state index in [1.54, 1.807) is 0 Å². The lowest BCUT2D eigenvalue weighted by Gasteiger charge is -2.34. The Kier molecular flexibility index (Phi) is 4.66. The van der Waals surface area contributed by atoms with Crippen LogP contribution in [0.1, 0.15) is 33.9 Å². The second-order valence-electron chi connectivity index (χ2n) is 9.20. The number of benzene rings is 3. The smallest absolute Gasteiger partial charge is 0.138 e. The van der Waals surface area contributed by atoms with Gasteiger partial charge in [0.25, 0.3) is 0 Å². The van der Waals surface area contributed by atoms with Crippen LogP contribution >= 0.6 is 0 Å². The number of anilines is 3. The summed E-state index contributed by atoms with van der Waals surface area (Å²) >= 11 is 0. The highest BCUT2D eigenvalue weighted by Crippen LogP contribution is 2.55. The van der Waals surface area contributed by atoms with E-state index in [1.165, 1.54) is 39.7 Å². The lowest BCUT2D eigenvalue weighted by atomic mass is 9.90. The molecule has 4 aromatic rings. The molecule has 2 N–H and O–H groups in total. The summed E-state index contributed by atoms with van der Waals surface area (Å²) in [6.07, 6.45) is 3.09. The number of pyridine rings is 1. The van der Waals surface area contributed by atoms with Crippen LogP contribution in [0.25, 0.3) is 11.1 Å². The third-order valence-electron chi connectivity index (χ3n) is 7.02. The Bertz CT molecular complexity index is 1390. The Balaban J connectivity index is 1.57. The van der Waals surface area contributed by atoms with E-state index in [1.807, 2.05) is 18.3 Å². The third-order valence-corrected chi connectivity index (χ3v) is 7.02. The van der Waals surface area contributed by atoms with E-state index in [2.05, 4.69) is 96.8 Å². The summed E-state index contributed by atoms with van der Waals surface area (Å²) in [4.78, 5) is 7.21. The van der Waals surface area contributed by atoms with Crippen LogP contribution in [-0.2, 0) is 0 Å². The fourth-order valence-corrected chi connectivity index (χ4v) is 5.91. The van der Waals surface area contributed by atoms with Crippen molar-refractivity contribution in [3.05, 3.63) is 107 Å². The molecule has 3 heterocycles. The van der Waals surface area contributed by atoms with Crippen molar-refractivity contribution in [2.45, 2.75) is 32.9 Å². The number of hydrogen-bond acceptors (Lipinski definition) is 4. The Morgan fingerprint density at radius 1 is 0.882 bits per heavy atom. The standard InChI is InChI=1S/C29H27N5/c1-18-14-19(2)26(20(3)15-18)21-11-12-24-23(16-21)27-28-25(10-7-13-31-28)33(22-8-5-4-6-9-22)29(27)34(24)32-17-30/h4-17,27,29H,1-3H3,(H2,30,32). The van der Waals surface area contributed by atoms with Gasteiger partial charge in [-0.25, -0.2) is 0 Å². The zero-order valence-electron chi connectivity index (χ0n) is 19.6. The molecule has 5 heteroatoms. The van der Waals surface area contributed by atoms with Gasteiger partial charge in [0.2, 0.25) is 0 Å². The number of aryl methyl sites for hydroxylation is 3. The molecule has 34 heavy (non-hydrogen) atoms. The minimum Gasteiger partial charge on any atom is -0.316 e. The van der Waals surface area contributed by atoms with E-state index < -0.39 is 0 Å². The van der Waals surface area contributed by atoms with Crippen molar-refractivity contribution in [2.75, 3.05) is 9.91 Å². The molecule has 3 aromatic carbocycles. The lowest BCUT2D eigenvalue weighted by molar-refractivity contribution is 0.589. The Morgan fingerprint density at radius 3 is 2.38 bits per heavy atom. The van der Waals surface area contributed by atoms with Crippen LogP contribution in [0, 0.1) is 26.2 Å². The van der Waals surface area contributed by atoms with Crippen molar-refractivity contribution in [3.63, 3.8) is 0 Å². The molecule has 5 nitrogen and oxygen atoms in total. The summed E-state index contributed by atoms with van der Waals surface area (Å²) in [5, 5.41) is 9.94. The maximum absolute atomic E-state index is 7.83. The fraction of sp³-hybridized carbons (Fsp3) is 0.172. The third kappa shape index (κ3) is 2.93. The van der Waals surface area contributed by atoms with Crippen molar-refractivity contribution in [3.8, 4) is 11.1 Å². The molecule has 0 amide bonds. The number of para-hydroxylation sites is 1. The Labute approximate surface area is 200 Å². The van der Waals surface area contributed by atoms with Gasteiger partial charge in [-0.2, -0.15) is 0 Å². The number of rotatable bonds is 4. The average molecular weight is 446 g/mol. The molecule has 0 saturated heterocycles. The minimum atomic E-state index is -0.0561. The predicted octanol–water partition coefficient (Wildman–Crippen LogP) is 6.22. The van der Waals surface area contributed by atoms with Crippen LogP contribution in [0.4, 0.5) is 17.1 Å². The van der Waals surface area contributed by atoms with Crippen molar-refractivity contribution < 1.29 is 0 Å². The summed E-state index contributed by atoms with van der Waals surface area (Å²) in [6, 6.07) is 25.8. The van der Waals surface area contributed by atoms with Crippen molar-refractivity contribution >= 4 is 23.4 Å². The summed E-state index contributed by atoms with van der Waals surface area (Å²) in [6.45, 7) is 6.53. The number of hydrazine groups is 1. The average Bonchev–Trinajstić information content (AvgIpc) is 3.32. The highest BCUT2D eigenvalue weighted by atomic mass is 15.6. The predicted molar refractivity (Wildman–Crippen MR) is 139 cm³/mol. The van der Waals surface area contributed by atoms with Crippen molar-refractivity contribution in [2.24, 2.45) is 0 Å². The molecule has 2 atom stereocenters. The number of aromatic nitrogens is 1. The summed E-state index contributed by atoms with van der Waals surface area (Å²) in [7, 11) is 0. The monoisotopic (exact) mass is 445 g/mol. The number of fused-ring (bicyclic) bond motifs is 5. The topological polar surface area (TPSA) is 55.3 Å². The summed E-state index contributed by atoms with van der Waals surface area (Å²) in [5.41, 5.74) is 15.2. The SMILES string of the molecule is Cc1cc(C)c(-c2ccc3c(c2)C2c4ncccc4N(c4ccccc4)C2N3NC=N)c(C)c1. The van der Waals surface area contributed by atoms with Gasteiger partial charge in [-0.15, -0.1) is 0 Å². The first-order valence-electron chi connectivity index (χ1n) is 11.6. The molecule has 0 radical (unpaired) electrons. The maximum atomic E-state index is 7.83. The van der Waals surface area contributed by atoms with E-state index >= 15 is 0 Å². The number of hydrogen-bond donors (Lipinski definition) is 2. The highest BCUT2D eigenvalue weighted by molar-refractivity contribution is 5.83. The Morgan fingerprint density at radius 2 is 1.65 bits per heavy atom. The van der Waals surface area contributed by atoms with Gasteiger partial charge in [0.1, 0.15) is 6.17 Å². The van der Waals surface area contributed by atoms with Gasteiger partial charge in [0.05, 0.1) is 29.3 Å². The molecule has 0 fully saturated rings. The van der Waals surface area contributed by atoms with Crippen LogP contribution < -0.4 is 15.3 Å². The van der Waals surface area contributed by atoms with Crippen LogP contribution in [-0.4, -0.2) is 17.5 Å². The van der Waals surface area contributed by atoms with Gasteiger partial charge in [-0.1, -0.05) is 42.0 Å². The van der Waals surface area contributed by atoms with Gasteiger partial charge in [-0.05, 0) is 85.0 Å². The normalized spacial score (nSPS) is 17.9. The molecule has 168 valence electrons. The molecular weight excluding hydrogens is 418 g/mol. The Hall–Kier alpha value is -4.12. The fourth-order valence-electron chi connectivity index (χ4n) is 5.91. The second kappa shape index (κ2) is 7.73.